The Hall–Kier alpha value is -1.36. The van der Waals surface area contributed by atoms with Crippen LogP contribution in [0.15, 0.2) is 36.4 Å². The lowest BCUT2D eigenvalue weighted by atomic mass is 10.2. The summed E-state index contributed by atoms with van der Waals surface area (Å²) in [5.74, 6) is -0.0724. The van der Waals surface area contributed by atoms with Crippen LogP contribution in [0.25, 0.3) is 10.4 Å². The summed E-state index contributed by atoms with van der Waals surface area (Å²) in [6, 6.07) is 11.1. The Labute approximate surface area is 127 Å². The van der Waals surface area contributed by atoms with Gasteiger partial charge in [0, 0.05) is 16.9 Å². The number of nitrogens with zero attached hydrogens (tertiary/aromatic N) is 1. The number of benzene rings is 1. The van der Waals surface area contributed by atoms with Gasteiger partial charge in [-0.15, -0.1) is 11.3 Å². The summed E-state index contributed by atoms with van der Waals surface area (Å²) in [7, 11) is 1.70. The first-order valence-electron chi connectivity index (χ1n) is 6.26. The monoisotopic (exact) mass is 309 g/mol. The number of thiophene rings is 1. The summed E-state index contributed by atoms with van der Waals surface area (Å²) < 4.78 is 0. The highest BCUT2D eigenvalue weighted by molar-refractivity contribution is 7.17. The van der Waals surface area contributed by atoms with Crippen molar-refractivity contribution in [2.75, 3.05) is 13.7 Å². The lowest BCUT2D eigenvalue weighted by Crippen LogP contribution is -2.36. The minimum atomic E-state index is -0.191. The normalized spacial score (nSPS) is 12.2. The van der Waals surface area contributed by atoms with Crippen molar-refractivity contribution >= 4 is 28.8 Å². The predicted octanol–water partition coefficient (Wildman–Crippen LogP) is 3.52. The summed E-state index contributed by atoms with van der Waals surface area (Å²) in [5.41, 5.74) is 1.04. The maximum atomic E-state index is 12.2. The zero-order valence-corrected chi connectivity index (χ0v) is 12.9. The molecule has 2 rings (SSSR count). The molecule has 0 aliphatic rings. The summed E-state index contributed by atoms with van der Waals surface area (Å²) in [6.45, 7) is 1.77. The highest BCUT2D eigenvalue weighted by Gasteiger charge is 2.18. The second-order valence-corrected chi connectivity index (χ2v) is 6.14. The van der Waals surface area contributed by atoms with Gasteiger partial charge in [-0.2, -0.15) is 0 Å². The maximum Gasteiger partial charge on any atom is 0.264 e. The molecule has 5 heteroatoms. The summed E-state index contributed by atoms with van der Waals surface area (Å²) in [6.07, 6.45) is 0. The van der Waals surface area contributed by atoms with Crippen molar-refractivity contribution in [1.82, 2.24) is 4.90 Å². The lowest BCUT2D eigenvalue weighted by Gasteiger charge is -2.22. The van der Waals surface area contributed by atoms with Gasteiger partial charge in [-0.25, -0.2) is 0 Å². The highest BCUT2D eigenvalue weighted by Crippen LogP contribution is 2.29. The summed E-state index contributed by atoms with van der Waals surface area (Å²) in [5, 5.41) is 9.80. The number of likely N-dealkylation sites (N-methyl/N-ethyl adjacent to an activating group) is 1. The molecule has 1 heterocycles. The van der Waals surface area contributed by atoms with Gasteiger partial charge in [0.25, 0.3) is 5.91 Å². The fraction of sp³-hybridized carbons (Fsp3) is 0.267. The molecule has 1 aromatic carbocycles. The zero-order chi connectivity index (χ0) is 14.7. The second kappa shape index (κ2) is 6.39. The molecule has 0 aliphatic heterocycles. The fourth-order valence-corrected chi connectivity index (χ4v) is 2.84. The van der Waals surface area contributed by atoms with Gasteiger partial charge in [0.05, 0.1) is 17.5 Å². The molecule has 0 saturated carbocycles. The van der Waals surface area contributed by atoms with Crippen LogP contribution in [-0.4, -0.2) is 35.6 Å². The third-order valence-corrected chi connectivity index (χ3v) is 4.57. The van der Waals surface area contributed by atoms with Crippen LogP contribution in [0.5, 0.6) is 0 Å². The van der Waals surface area contributed by atoms with Gasteiger partial charge < -0.3 is 10.0 Å². The van der Waals surface area contributed by atoms with Gasteiger partial charge in [-0.05, 0) is 36.8 Å². The number of carbonyl (C=O) groups is 1. The molecule has 1 atom stereocenters. The average Bonchev–Trinajstić information content (AvgIpc) is 2.95. The van der Waals surface area contributed by atoms with Gasteiger partial charge in [0.15, 0.2) is 0 Å². The smallest absolute Gasteiger partial charge is 0.264 e. The predicted molar refractivity (Wildman–Crippen MR) is 83.4 cm³/mol. The van der Waals surface area contributed by atoms with Gasteiger partial charge in [0.1, 0.15) is 0 Å². The zero-order valence-electron chi connectivity index (χ0n) is 11.3. The van der Waals surface area contributed by atoms with Crippen molar-refractivity contribution in [2.24, 2.45) is 0 Å². The van der Waals surface area contributed by atoms with Crippen LogP contribution in [0, 0.1) is 0 Å². The molecule has 20 heavy (non-hydrogen) atoms. The topological polar surface area (TPSA) is 40.5 Å². The van der Waals surface area contributed by atoms with E-state index < -0.39 is 0 Å². The number of aliphatic hydroxyl groups is 1. The summed E-state index contributed by atoms with van der Waals surface area (Å²) >= 11 is 7.31. The number of hydrogen-bond donors (Lipinski definition) is 1. The van der Waals surface area contributed by atoms with E-state index in [0.717, 1.165) is 10.4 Å². The molecule has 2 aromatic rings. The Morgan fingerprint density at radius 2 is 1.95 bits per heavy atom. The first-order valence-corrected chi connectivity index (χ1v) is 7.46. The number of rotatable bonds is 4. The SMILES string of the molecule is CC(CO)N(C)C(=O)c1ccc(-c2ccc(Cl)cc2)s1. The lowest BCUT2D eigenvalue weighted by molar-refractivity contribution is 0.0687. The Bertz CT molecular complexity index is 594. The second-order valence-electron chi connectivity index (χ2n) is 4.62. The Morgan fingerprint density at radius 1 is 1.30 bits per heavy atom. The maximum absolute atomic E-state index is 12.2. The van der Waals surface area contributed by atoms with Gasteiger partial charge in [-0.1, -0.05) is 23.7 Å². The van der Waals surface area contributed by atoms with Gasteiger partial charge in [0.2, 0.25) is 0 Å². The minimum absolute atomic E-state index is 0.0440. The molecule has 3 nitrogen and oxygen atoms in total. The van der Waals surface area contributed by atoms with Crippen LogP contribution in [0.2, 0.25) is 5.02 Å². The van der Waals surface area contributed by atoms with E-state index in [1.165, 1.54) is 11.3 Å². The number of aliphatic hydroxyl groups excluding tert-OH is 1. The quantitative estimate of drug-likeness (QED) is 0.938. The van der Waals surface area contributed by atoms with E-state index in [1.807, 2.05) is 43.3 Å². The van der Waals surface area contributed by atoms with E-state index in [-0.39, 0.29) is 18.6 Å². The molecule has 1 aromatic heterocycles. The van der Waals surface area contributed by atoms with E-state index in [9.17, 15) is 4.79 Å². The van der Waals surface area contributed by atoms with Crippen molar-refractivity contribution in [3.05, 3.63) is 46.3 Å². The fourth-order valence-electron chi connectivity index (χ4n) is 1.72. The van der Waals surface area contributed by atoms with Crippen molar-refractivity contribution in [2.45, 2.75) is 13.0 Å². The van der Waals surface area contributed by atoms with Gasteiger partial charge >= 0.3 is 0 Å². The molecule has 0 spiro atoms. The van der Waals surface area contributed by atoms with Crippen molar-refractivity contribution in [3.8, 4) is 10.4 Å². The largest absolute Gasteiger partial charge is 0.394 e. The van der Waals surface area contributed by atoms with Crippen LogP contribution in [0.4, 0.5) is 0 Å². The number of halogens is 1. The van der Waals surface area contributed by atoms with E-state index in [0.29, 0.717) is 9.90 Å². The Balaban J connectivity index is 2.20. The summed E-state index contributed by atoms with van der Waals surface area (Å²) in [4.78, 5) is 15.5. The molecular formula is C15H16ClNO2S. The van der Waals surface area contributed by atoms with Crippen molar-refractivity contribution in [3.63, 3.8) is 0 Å². The van der Waals surface area contributed by atoms with E-state index >= 15 is 0 Å². The number of hydrogen-bond acceptors (Lipinski definition) is 3. The molecule has 1 unspecified atom stereocenters. The molecule has 1 N–H and O–H groups in total. The molecule has 0 saturated heterocycles. The van der Waals surface area contributed by atoms with Crippen LogP contribution < -0.4 is 0 Å². The molecule has 0 aliphatic carbocycles. The molecular weight excluding hydrogens is 294 g/mol. The minimum Gasteiger partial charge on any atom is -0.394 e. The van der Waals surface area contributed by atoms with Crippen molar-refractivity contribution < 1.29 is 9.90 Å². The Morgan fingerprint density at radius 3 is 2.55 bits per heavy atom. The van der Waals surface area contributed by atoms with E-state index in [4.69, 9.17) is 16.7 Å². The molecule has 0 fully saturated rings. The molecule has 0 radical (unpaired) electrons. The van der Waals surface area contributed by atoms with Gasteiger partial charge in [-0.3, -0.25) is 4.79 Å². The number of carbonyl (C=O) groups excluding carboxylic acids is 1. The average molecular weight is 310 g/mol. The Kier molecular flexibility index (Phi) is 4.81. The third kappa shape index (κ3) is 3.20. The molecule has 0 bridgehead atoms. The first kappa shape index (κ1) is 15.0. The molecule has 1 amide bonds. The van der Waals surface area contributed by atoms with E-state index in [1.54, 1.807) is 11.9 Å². The highest BCUT2D eigenvalue weighted by atomic mass is 35.5. The first-order chi connectivity index (χ1) is 9.52. The molecule has 106 valence electrons. The van der Waals surface area contributed by atoms with Crippen LogP contribution in [-0.2, 0) is 0 Å². The van der Waals surface area contributed by atoms with Crippen LogP contribution >= 0.6 is 22.9 Å². The van der Waals surface area contributed by atoms with Crippen LogP contribution in [0.1, 0.15) is 16.6 Å². The van der Waals surface area contributed by atoms with E-state index in [2.05, 4.69) is 0 Å². The van der Waals surface area contributed by atoms with Crippen LogP contribution in [0.3, 0.4) is 0 Å². The standard InChI is InChI=1S/C15H16ClNO2S/c1-10(9-18)17(2)15(19)14-8-7-13(20-14)11-3-5-12(16)6-4-11/h3-8,10,18H,9H2,1-2H3. The number of amides is 1. The third-order valence-electron chi connectivity index (χ3n) is 3.19. The van der Waals surface area contributed by atoms with Crippen molar-refractivity contribution in [1.29, 1.82) is 0 Å².